The first-order valence-corrected chi connectivity index (χ1v) is 6.70. The molecule has 22 heavy (non-hydrogen) atoms. The van der Waals surface area contributed by atoms with Gasteiger partial charge in [0.15, 0.2) is 0 Å². The first-order valence-electron chi connectivity index (χ1n) is 6.70. The summed E-state index contributed by atoms with van der Waals surface area (Å²) in [5.74, 6) is -1.20. The highest BCUT2D eigenvalue weighted by molar-refractivity contribution is 5.95. The van der Waals surface area contributed by atoms with Crippen LogP contribution in [0.5, 0.6) is 0 Å². The largest absolute Gasteiger partial charge is 0.469 e. The fraction of sp³-hybridized carbons (Fsp3) is 0.533. The van der Waals surface area contributed by atoms with Crippen molar-refractivity contribution in [3.8, 4) is 0 Å². The van der Waals surface area contributed by atoms with Gasteiger partial charge in [0.25, 0.3) is 0 Å². The van der Waals surface area contributed by atoms with E-state index in [9.17, 15) is 14.4 Å². The number of carbonyl (C=O) groups is 3. The molecule has 0 radical (unpaired) electrons. The highest BCUT2D eigenvalue weighted by atomic mass is 16.6. The van der Waals surface area contributed by atoms with Gasteiger partial charge in [-0.05, 0) is 33.3 Å². The third-order valence-electron chi connectivity index (χ3n) is 2.82. The standard InChI is InChI=1S/C15H21NO6/c1-9-8-16(14(19)22-15(2,3)4)10(7-11(17)20-5)12(9)13(18)21-6/h8H,7H2,1-6H3. The van der Waals surface area contributed by atoms with E-state index in [-0.39, 0.29) is 17.7 Å². The minimum atomic E-state index is -0.705. The van der Waals surface area contributed by atoms with Gasteiger partial charge in [-0.15, -0.1) is 0 Å². The summed E-state index contributed by atoms with van der Waals surface area (Å²) >= 11 is 0. The van der Waals surface area contributed by atoms with Crippen molar-refractivity contribution in [2.75, 3.05) is 14.2 Å². The smallest absolute Gasteiger partial charge is 0.418 e. The third-order valence-corrected chi connectivity index (χ3v) is 2.82. The van der Waals surface area contributed by atoms with E-state index in [1.54, 1.807) is 27.7 Å². The first kappa shape index (κ1) is 17.7. The average molecular weight is 311 g/mol. The van der Waals surface area contributed by atoms with Gasteiger partial charge < -0.3 is 14.2 Å². The molecule has 0 bridgehead atoms. The van der Waals surface area contributed by atoms with Crippen LogP contribution in [0.2, 0.25) is 0 Å². The molecule has 7 nitrogen and oxygen atoms in total. The average Bonchev–Trinajstić information content (AvgIpc) is 2.72. The second-order valence-electron chi connectivity index (χ2n) is 5.73. The van der Waals surface area contributed by atoms with E-state index in [1.165, 1.54) is 20.4 Å². The quantitative estimate of drug-likeness (QED) is 0.628. The second kappa shape index (κ2) is 6.64. The summed E-state index contributed by atoms with van der Waals surface area (Å²) in [6.07, 6.45) is 0.525. The highest BCUT2D eigenvalue weighted by Crippen LogP contribution is 2.21. The molecule has 1 aromatic rings. The number of nitrogens with zero attached hydrogens (tertiary/aromatic N) is 1. The van der Waals surface area contributed by atoms with Crippen LogP contribution in [0.4, 0.5) is 4.79 Å². The third kappa shape index (κ3) is 4.09. The van der Waals surface area contributed by atoms with E-state index in [0.717, 1.165) is 4.57 Å². The molecule has 0 spiro atoms. The zero-order valence-electron chi connectivity index (χ0n) is 13.7. The molecule has 0 saturated carbocycles. The van der Waals surface area contributed by atoms with Crippen molar-refractivity contribution < 1.29 is 28.6 Å². The van der Waals surface area contributed by atoms with Crippen LogP contribution in [0.3, 0.4) is 0 Å². The van der Waals surface area contributed by atoms with Crippen LogP contribution < -0.4 is 0 Å². The maximum atomic E-state index is 12.3. The van der Waals surface area contributed by atoms with Gasteiger partial charge in [-0.25, -0.2) is 9.59 Å². The summed E-state index contributed by atoms with van der Waals surface area (Å²) in [4.78, 5) is 35.7. The van der Waals surface area contributed by atoms with Crippen LogP contribution in [0.25, 0.3) is 0 Å². The summed E-state index contributed by atoms with van der Waals surface area (Å²) in [6, 6.07) is 0. The molecule has 0 saturated heterocycles. The van der Waals surface area contributed by atoms with Crippen LogP contribution in [-0.2, 0) is 25.4 Å². The van der Waals surface area contributed by atoms with E-state index in [1.807, 2.05) is 0 Å². The highest BCUT2D eigenvalue weighted by Gasteiger charge is 2.27. The van der Waals surface area contributed by atoms with Gasteiger partial charge >= 0.3 is 18.0 Å². The number of aromatic nitrogens is 1. The van der Waals surface area contributed by atoms with Crippen molar-refractivity contribution in [1.82, 2.24) is 4.57 Å². The monoisotopic (exact) mass is 311 g/mol. The molecule has 0 aliphatic carbocycles. The summed E-state index contributed by atoms with van der Waals surface area (Å²) < 4.78 is 15.7. The topological polar surface area (TPSA) is 83.8 Å². The normalized spacial score (nSPS) is 11.0. The number of methoxy groups -OCH3 is 2. The molecule has 122 valence electrons. The van der Waals surface area contributed by atoms with Gasteiger partial charge in [-0.2, -0.15) is 0 Å². The number of aryl methyl sites for hydroxylation is 1. The van der Waals surface area contributed by atoms with Gasteiger partial charge in [-0.1, -0.05) is 0 Å². The SMILES string of the molecule is COC(=O)Cc1c(C(=O)OC)c(C)cn1C(=O)OC(C)(C)C. The van der Waals surface area contributed by atoms with Crippen LogP contribution in [0, 0.1) is 6.92 Å². The summed E-state index contributed by atoms with van der Waals surface area (Å²) in [5.41, 5.74) is 0.157. The Morgan fingerprint density at radius 1 is 1.14 bits per heavy atom. The molecule has 0 N–H and O–H groups in total. The number of hydrogen-bond donors (Lipinski definition) is 0. The lowest BCUT2D eigenvalue weighted by Gasteiger charge is -2.20. The Kier molecular flexibility index (Phi) is 5.35. The zero-order chi connectivity index (χ0) is 17.1. The Hall–Kier alpha value is -2.31. The molecule has 0 aliphatic rings. The molecule has 0 unspecified atom stereocenters. The molecular weight excluding hydrogens is 290 g/mol. The molecule has 1 aromatic heterocycles. The van der Waals surface area contributed by atoms with Crippen LogP contribution in [0.1, 0.15) is 42.4 Å². The van der Waals surface area contributed by atoms with Gasteiger partial charge in [0, 0.05) is 6.20 Å². The summed E-state index contributed by atoms with van der Waals surface area (Å²) in [7, 11) is 2.46. The van der Waals surface area contributed by atoms with E-state index >= 15 is 0 Å². The van der Waals surface area contributed by atoms with E-state index < -0.39 is 23.6 Å². The van der Waals surface area contributed by atoms with Crippen LogP contribution in [0.15, 0.2) is 6.20 Å². The molecule has 0 aliphatic heterocycles. The van der Waals surface area contributed by atoms with E-state index in [2.05, 4.69) is 4.74 Å². The van der Waals surface area contributed by atoms with Crippen molar-refractivity contribution in [3.05, 3.63) is 23.0 Å². The van der Waals surface area contributed by atoms with E-state index in [4.69, 9.17) is 9.47 Å². The van der Waals surface area contributed by atoms with Gasteiger partial charge in [0.1, 0.15) is 5.60 Å². The van der Waals surface area contributed by atoms with Crippen molar-refractivity contribution in [2.24, 2.45) is 0 Å². The van der Waals surface area contributed by atoms with Crippen molar-refractivity contribution in [3.63, 3.8) is 0 Å². The minimum absolute atomic E-state index is 0.166. The van der Waals surface area contributed by atoms with Crippen molar-refractivity contribution in [2.45, 2.75) is 39.7 Å². The zero-order valence-corrected chi connectivity index (χ0v) is 13.7. The Labute approximate surface area is 129 Å². The maximum Gasteiger partial charge on any atom is 0.418 e. The van der Waals surface area contributed by atoms with E-state index in [0.29, 0.717) is 5.56 Å². The minimum Gasteiger partial charge on any atom is -0.469 e. The fourth-order valence-electron chi connectivity index (χ4n) is 1.92. The number of carbonyl (C=O) groups excluding carboxylic acids is 3. The van der Waals surface area contributed by atoms with Gasteiger partial charge in [0.05, 0.1) is 31.9 Å². The first-order chi connectivity index (χ1) is 10.1. The molecule has 1 rings (SSSR count). The fourth-order valence-corrected chi connectivity index (χ4v) is 1.92. The second-order valence-corrected chi connectivity index (χ2v) is 5.73. The number of esters is 2. The molecule has 0 amide bonds. The Balaban J connectivity index is 3.35. The van der Waals surface area contributed by atoms with Gasteiger partial charge in [0.2, 0.25) is 0 Å². The van der Waals surface area contributed by atoms with Crippen molar-refractivity contribution in [1.29, 1.82) is 0 Å². The lowest BCUT2D eigenvalue weighted by molar-refractivity contribution is -0.139. The summed E-state index contributed by atoms with van der Waals surface area (Å²) in [5, 5.41) is 0. The molecule has 0 atom stereocenters. The lowest BCUT2D eigenvalue weighted by Crippen LogP contribution is -2.28. The Morgan fingerprint density at radius 2 is 1.73 bits per heavy atom. The van der Waals surface area contributed by atoms with Gasteiger partial charge in [-0.3, -0.25) is 9.36 Å². The Morgan fingerprint density at radius 3 is 2.18 bits per heavy atom. The maximum absolute atomic E-state index is 12.3. The number of rotatable bonds is 3. The molecule has 7 heteroatoms. The Bertz CT molecular complexity index is 594. The van der Waals surface area contributed by atoms with Crippen LogP contribution in [-0.4, -0.2) is 42.4 Å². The van der Waals surface area contributed by atoms with Crippen molar-refractivity contribution >= 4 is 18.0 Å². The number of hydrogen-bond acceptors (Lipinski definition) is 6. The lowest BCUT2D eigenvalue weighted by atomic mass is 10.1. The predicted octanol–water partition coefficient (Wildman–Crippen LogP) is 2.08. The summed E-state index contributed by atoms with van der Waals surface area (Å²) in [6.45, 7) is 6.82. The molecule has 0 aromatic carbocycles. The van der Waals surface area contributed by atoms with Crippen LogP contribution >= 0.6 is 0 Å². The molecule has 1 heterocycles. The predicted molar refractivity (Wildman–Crippen MR) is 77.9 cm³/mol. The molecule has 0 fully saturated rings. The molecular formula is C15H21NO6. The number of ether oxygens (including phenoxy) is 3.